The van der Waals surface area contributed by atoms with E-state index in [1.54, 1.807) is 4.88 Å². The molecule has 2 unspecified atom stereocenters. The van der Waals surface area contributed by atoms with Gasteiger partial charge in [-0.2, -0.15) is 0 Å². The first-order chi connectivity index (χ1) is 9.26. The number of hydrogen-bond acceptors (Lipinski definition) is 3. The lowest BCUT2D eigenvalue weighted by Crippen LogP contribution is -2.36. The molecule has 2 heterocycles. The summed E-state index contributed by atoms with van der Waals surface area (Å²) >= 11 is 1.99. The summed E-state index contributed by atoms with van der Waals surface area (Å²) in [5.74, 6) is 0.761. The molecule has 1 aromatic rings. The van der Waals surface area contributed by atoms with Gasteiger partial charge in [0.15, 0.2) is 0 Å². The lowest BCUT2D eigenvalue weighted by molar-refractivity contribution is 0.157. The summed E-state index contributed by atoms with van der Waals surface area (Å²) in [5.41, 5.74) is 0. The van der Waals surface area contributed by atoms with Crippen LogP contribution in [0.15, 0.2) is 12.1 Å². The second-order valence-corrected chi connectivity index (χ2v) is 7.06. The molecule has 1 aliphatic heterocycles. The summed E-state index contributed by atoms with van der Waals surface area (Å²) in [6, 6.07) is 5.28. The molecule has 1 aromatic heterocycles. The Morgan fingerprint density at radius 1 is 1.37 bits per heavy atom. The highest BCUT2D eigenvalue weighted by molar-refractivity contribution is 7.12. The Morgan fingerprint density at radius 3 is 2.84 bits per heavy atom. The van der Waals surface area contributed by atoms with Crippen molar-refractivity contribution in [2.45, 2.75) is 45.6 Å². The minimum absolute atomic E-state index is 0.633. The molecule has 3 heteroatoms. The molecule has 1 aliphatic rings. The first-order valence-electron chi connectivity index (χ1n) is 7.71. The molecule has 2 nitrogen and oxygen atoms in total. The van der Waals surface area contributed by atoms with Crippen molar-refractivity contribution in [1.29, 1.82) is 0 Å². The molecule has 1 fully saturated rings. The molecular formula is C16H28N2S. The van der Waals surface area contributed by atoms with Gasteiger partial charge in [0.05, 0.1) is 0 Å². The Balaban J connectivity index is 2.25. The van der Waals surface area contributed by atoms with Crippen molar-refractivity contribution >= 4 is 11.3 Å². The zero-order chi connectivity index (χ0) is 13.7. The Labute approximate surface area is 122 Å². The van der Waals surface area contributed by atoms with E-state index < -0.39 is 0 Å². The van der Waals surface area contributed by atoms with Gasteiger partial charge in [-0.05, 0) is 70.9 Å². The van der Waals surface area contributed by atoms with E-state index in [-0.39, 0.29) is 0 Å². The summed E-state index contributed by atoms with van der Waals surface area (Å²) < 4.78 is 0. The van der Waals surface area contributed by atoms with E-state index in [1.807, 2.05) is 11.3 Å². The number of nitrogens with one attached hydrogen (secondary N) is 1. The lowest BCUT2D eigenvalue weighted by atomic mass is 9.93. The number of aryl methyl sites for hydroxylation is 1. The monoisotopic (exact) mass is 280 g/mol. The molecule has 0 aromatic carbocycles. The second-order valence-electron chi connectivity index (χ2n) is 5.74. The first kappa shape index (κ1) is 15.0. The number of thiophene rings is 1. The van der Waals surface area contributed by atoms with Gasteiger partial charge in [-0.3, -0.25) is 4.90 Å². The van der Waals surface area contributed by atoms with Crippen molar-refractivity contribution in [2.24, 2.45) is 5.92 Å². The molecule has 108 valence electrons. The smallest absolute Gasteiger partial charge is 0.0481 e. The summed E-state index contributed by atoms with van der Waals surface area (Å²) in [4.78, 5) is 5.76. The van der Waals surface area contributed by atoms with Crippen LogP contribution in [-0.4, -0.2) is 31.6 Å². The highest BCUT2D eigenvalue weighted by Crippen LogP contribution is 2.38. The van der Waals surface area contributed by atoms with E-state index in [1.165, 1.54) is 43.6 Å². The van der Waals surface area contributed by atoms with Crippen molar-refractivity contribution < 1.29 is 0 Å². The third kappa shape index (κ3) is 3.80. The highest BCUT2D eigenvalue weighted by atomic mass is 32.1. The van der Waals surface area contributed by atoms with E-state index in [0.29, 0.717) is 6.04 Å². The maximum Gasteiger partial charge on any atom is 0.0481 e. The van der Waals surface area contributed by atoms with E-state index in [0.717, 1.165) is 12.5 Å². The summed E-state index contributed by atoms with van der Waals surface area (Å²) in [6.45, 7) is 8.18. The van der Waals surface area contributed by atoms with E-state index >= 15 is 0 Å². The van der Waals surface area contributed by atoms with Crippen LogP contribution in [0.1, 0.15) is 48.4 Å². The van der Waals surface area contributed by atoms with Crippen LogP contribution in [0.4, 0.5) is 0 Å². The van der Waals surface area contributed by atoms with Gasteiger partial charge in [-0.25, -0.2) is 0 Å². The van der Waals surface area contributed by atoms with Crippen molar-refractivity contribution in [1.82, 2.24) is 10.2 Å². The van der Waals surface area contributed by atoms with Gasteiger partial charge in [0, 0.05) is 15.8 Å². The van der Waals surface area contributed by atoms with Crippen LogP contribution in [0.5, 0.6) is 0 Å². The third-order valence-corrected chi connectivity index (χ3v) is 5.21. The second kappa shape index (κ2) is 7.41. The number of hydrogen-bond donors (Lipinski definition) is 1. The Hall–Kier alpha value is -0.380. The van der Waals surface area contributed by atoms with Gasteiger partial charge in [-0.15, -0.1) is 11.3 Å². The van der Waals surface area contributed by atoms with Crippen LogP contribution in [0.25, 0.3) is 0 Å². The standard InChI is InChI=1S/C16H28N2S/c1-4-10-18-11-6-5-7-14(12-17-3)16(18)15-9-8-13(2)19-15/h8-9,14,16-17H,4-7,10-12H2,1-3H3. The SMILES string of the molecule is CCCN1CCCCC(CNC)C1c1ccc(C)s1. The summed E-state index contributed by atoms with van der Waals surface area (Å²) in [5, 5.41) is 3.41. The number of rotatable bonds is 5. The fourth-order valence-corrected chi connectivity index (χ4v) is 4.46. The molecule has 1 N–H and O–H groups in total. The van der Waals surface area contributed by atoms with Gasteiger partial charge in [-0.1, -0.05) is 13.3 Å². The molecular weight excluding hydrogens is 252 g/mol. The Kier molecular flexibility index (Phi) is 5.86. The van der Waals surface area contributed by atoms with Crippen molar-refractivity contribution in [3.8, 4) is 0 Å². The molecule has 2 rings (SSSR count). The van der Waals surface area contributed by atoms with Crippen LogP contribution >= 0.6 is 11.3 Å². The number of likely N-dealkylation sites (tertiary alicyclic amines) is 1. The van der Waals surface area contributed by atoms with E-state index in [9.17, 15) is 0 Å². The van der Waals surface area contributed by atoms with Crippen LogP contribution in [0, 0.1) is 12.8 Å². The Morgan fingerprint density at radius 2 is 2.21 bits per heavy atom. The molecule has 0 spiro atoms. The Bertz CT molecular complexity index is 359. The highest BCUT2D eigenvalue weighted by Gasteiger charge is 2.31. The van der Waals surface area contributed by atoms with Crippen LogP contribution in [-0.2, 0) is 0 Å². The molecule has 0 aliphatic carbocycles. The lowest BCUT2D eigenvalue weighted by Gasteiger charge is -2.34. The zero-order valence-corrected chi connectivity index (χ0v) is 13.4. The fourth-order valence-electron chi connectivity index (χ4n) is 3.36. The topological polar surface area (TPSA) is 15.3 Å². The predicted octanol–water partition coefficient (Wildman–Crippen LogP) is 3.83. The molecule has 0 bridgehead atoms. The van der Waals surface area contributed by atoms with Gasteiger partial charge < -0.3 is 5.32 Å². The average Bonchev–Trinajstić information content (AvgIpc) is 2.71. The van der Waals surface area contributed by atoms with E-state index in [4.69, 9.17) is 0 Å². The minimum atomic E-state index is 0.633. The van der Waals surface area contributed by atoms with Crippen LogP contribution in [0.2, 0.25) is 0 Å². The molecule has 0 radical (unpaired) electrons. The normalized spacial score (nSPS) is 25.4. The van der Waals surface area contributed by atoms with Gasteiger partial charge in [0.25, 0.3) is 0 Å². The molecule has 1 saturated heterocycles. The molecule has 0 amide bonds. The van der Waals surface area contributed by atoms with Crippen LogP contribution in [0.3, 0.4) is 0 Å². The maximum absolute atomic E-state index is 3.41. The molecule has 19 heavy (non-hydrogen) atoms. The van der Waals surface area contributed by atoms with Crippen molar-refractivity contribution in [3.05, 3.63) is 21.9 Å². The van der Waals surface area contributed by atoms with Crippen molar-refractivity contribution in [3.63, 3.8) is 0 Å². The first-order valence-corrected chi connectivity index (χ1v) is 8.53. The van der Waals surface area contributed by atoms with E-state index in [2.05, 4.69) is 43.2 Å². The average molecular weight is 280 g/mol. The molecule has 0 saturated carbocycles. The zero-order valence-electron chi connectivity index (χ0n) is 12.6. The minimum Gasteiger partial charge on any atom is -0.319 e. The van der Waals surface area contributed by atoms with Crippen LogP contribution < -0.4 is 5.32 Å². The van der Waals surface area contributed by atoms with Gasteiger partial charge >= 0.3 is 0 Å². The summed E-state index contributed by atoms with van der Waals surface area (Å²) in [7, 11) is 2.09. The predicted molar refractivity (Wildman–Crippen MR) is 84.9 cm³/mol. The maximum atomic E-state index is 3.41. The van der Waals surface area contributed by atoms with Gasteiger partial charge in [0.1, 0.15) is 0 Å². The van der Waals surface area contributed by atoms with Crippen molar-refractivity contribution in [2.75, 3.05) is 26.7 Å². The quantitative estimate of drug-likeness (QED) is 0.882. The number of nitrogens with zero attached hydrogens (tertiary/aromatic N) is 1. The fraction of sp³-hybridized carbons (Fsp3) is 0.750. The molecule has 2 atom stereocenters. The summed E-state index contributed by atoms with van der Waals surface area (Å²) in [6.07, 6.45) is 5.37. The third-order valence-electron chi connectivity index (χ3n) is 4.14. The van der Waals surface area contributed by atoms with Gasteiger partial charge in [0.2, 0.25) is 0 Å². The largest absolute Gasteiger partial charge is 0.319 e.